The highest BCUT2D eigenvalue weighted by Crippen LogP contribution is 2.38. The molecule has 1 unspecified atom stereocenters. The highest BCUT2D eigenvalue weighted by Gasteiger charge is 2.38. The van der Waals surface area contributed by atoms with Gasteiger partial charge in [0, 0.05) is 35.7 Å². The Morgan fingerprint density at radius 1 is 0.974 bits per heavy atom. The van der Waals surface area contributed by atoms with Crippen LogP contribution in [0.15, 0.2) is 72.8 Å². The lowest BCUT2D eigenvalue weighted by Crippen LogP contribution is -2.45. The average molecular weight is 533 g/mol. The van der Waals surface area contributed by atoms with Crippen molar-refractivity contribution in [2.75, 3.05) is 28.8 Å². The fourth-order valence-electron chi connectivity index (χ4n) is 4.49. The molecule has 0 aliphatic carbocycles. The summed E-state index contributed by atoms with van der Waals surface area (Å²) in [6.07, 6.45) is -0.241. The van der Waals surface area contributed by atoms with Gasteiger partial charge in [0.25, 0.3) is 16.8 Å². The SMILES string of the molecule is CCCOC(c1cccc(N2CN(c3ccccc3)c3ccc([N+](=O)[O-])cc3C2=O)c1)N1C(=O)CSC1=O. The fourth-order valence-corrected chi connectivity index (χ4v) is 5.21. The van der Waals surface area contributed by atoms with Crippen molar-refractivity contribution < 1.29 is 24.0 Å². The molecule has 0 saturated carbocycles. The largest absolute Gasteiger partial charge is 0.353 e. The lowest BCUT2D eigenvalue weighted by molar-refractivity contribution is -0.384. The lowest BCUT2D eigenvalue weighted by Gasteiger charge is -2.38. The monoisotopic (exact) mass is 532 g/mol. The van der Waals surface area contributed by atoms with Crippen LogP contribution < -0.4 is 9.80 Å². The summed E-state index contributed by atoms with van der Waals surface area (Å²) in [6, 6.07) is 20.6. The van der Waals surface area contributed by atoms with E-state index < -0.39 is 17.1 Å². The minimum atomic E-state index is -0.927. The van der Waals surface area contributed by atoms with Crippen LogP contribution in [0, 0.1) is 10.1 Å². The third kappa shape index (κ3) is 4.73. The minimum Gasteiger partial charge on any atom is -0.353 e. The van der Waals surface area contributed by atoms with E-state index in [4.69, 9.17) is 4.74 Å². The van der Waals surface area contributed by atoms with Crippen molar-refractivity contribution in [3.63, 3.8) is 0 Å². The predicted molar refractivity (Wildman–Crippen MR) is 143 cm³/mol. The lowest BCUT2D eigenvalue weighted by atomic mass is 10.0. The van der Waals surface area contributed by atoms with E-state index in [1.807, 2.05) is 42.2 Å². The first-order valence-corrected chi connectivity index (χ1v) is 13.0. The Balaban J connectivity index is 1.57. The van der Waals surface area contributed by atoms with Crippen molar-refractivity contribution >= 4 is 51.6 Å². The van der Waals surface area contributed by atoms with Gasteiger partial charge in [-0.3, -0.25) is 29.4 Å². The molecule has 0 aromatic heterocycles. The Labute approximate surface area is 222 Å². The normalized spacial score (nSPS) is 16.1. The van der Waals surface area contributed by atoms with Crippen LogP contribution in [0.5, 0.6) is 0 Å². The molecule has 2 aliphatic rings. The van der Waals surface area contributed by atoms with Crippen molar-refractivity contribution in [2.24, 2.45) is 0 Å². The third-order valence-corrected chi connectivity index (χ3v) is 7.11. The number of benzene rings is 3. The summed E-state index contributed by atoms with van der Waals surface area (Å²) >= 11 is 0.928. The van der Waals surface area contributed by atoms with Gasteiger partial charge in [0.1, 0.15) is 6.67 Å². The molecule has 1 fully saturated rings. The van der Waals surface area contributed by atoms with Gasteiger partial charge in [-0.15, -0.1) is 0 Å². The molecule has 2 heterocycles. The molecule has 1 atom stereocenters. The van der Waals surface area contributed by atoms with Crippen LogP contribution in [0.1, 0.15) is 35.5 Å². The van der Waals surface area contributed by atoms with Gasteiger partial charge < -0.3 is 9.64 Å². The number of fused-ring (bicyclic) bond motifs is 1. The van der Waals surface area contributed by atoms with Crippen molar-refractivity contribution in [1.82, 2.24) is 4.90 Å². The number of nitrogens with zero attached hydrogens (tertiary/aromatic N) is 4. The summed E-state index contributed by atoms with van der Waals surface area (Å²) in [4.78, 5) is 54.2. The van der Waals surface area contributed by atoms with E-state index in [0.717, 1.165) is 22.3 Å². The molecule has 10 nitrogen and oxygen atoms in total. The standard InChI is InChI=1S/C27H24N4O6S/c1-2-13-37-26(30-24(32)16-38-27(30)34)18-7-6-10-20(14-18)29-17-28(19-8-4-3-5-9-19)23-12-11-21(31(35)36)15-22(23)25(29)33/h3-12,14-15,26H,2,13,16-17H2,1H3. The Bertz CT molecular complexity index is 1400. The van der Waals surface area contributed by atoms with Crippen LogP contribution in [0.25, 0.3) is 0 Å². The van der Waals surface area contributed by atoms with Crippen LogP contribution in [0.4, 0.5) is 27.5 Å². The molecule has 3 aromatic rings. The number of hydrogen-bond donors (Lipinski definition) is 0. The second kappa shape index (κ2) is 10.6. The molecular weight excluding hydrogens is 508 g/mol. The number of rotatable bonds is 8. The van der Waals surface area contributed by atoms with E-state index in [1.54, 1.807) is 30.3 Å². The highest BCUT2D eigenvalue weighted by atomic mass is 32.2. The Morgan fingerprint density at radius 2 is 1.74 bits per heavy atom. The zero-order valence-electron chi connectivity index (χ0n) is 20.5. The van der Waals surface area contributed by atoms with Crippen molar-refractivity contribution in [3.05, 3.63) is 94.0 Å². The fraction of sp³-hybridized carbons (Fsp3) is 0.222. The minimum absolute atomic E-state index is 0.0523. The summed E-state index contributed by atoms with van der Waals surface area (Å²) in [5.74, 6) is -0.684. The molecule has 0 bridgehead atoms. The number of imide groups is 1. The van der Waals surface area contributed by atoms with Crippen LogP contribution in [-0.2, 0) is 9.53 Å². The molecule has 5 rings (SSSR count). The van der Waals surface area contributed by atoms with Gasteiger partial charge in [0.2, 0.25) is 5.91 Å². The van der Waals surface area contributed by atoms with Crippen LogP contribution in [0.3, 0.4) is 0 Å². The number of nitro groups is 1. The Hall–Kier alpha value is -4.22. The number of carbonyl (C=O) groups is 3. The molecule has 0 spiro atoms. The van der Waals surface area contributed by atoms with Crippen molar-refractivity contribution in [3.8, 4) is 0 Å². The van der Waals surface area contributed by atoms with E-state index in [2.05, 4.69) is 0 Å². The molecule has 0 radical (unpaired) electrons. The van der Waals surface area contributed by atoms with Crippen LogP contribution in [-0.4, -0.2) is 45.9 Å². The summed E-state index contributed by atoms with van der Waals surface area (Å²) in [7, 11) is 0. The number of hydrogen-bond acceptors (Lipinski definition) is 8. The van der Waals surface area contributed by atoms with Crippen molar-refractivity contribution in [1.29, 1.82) is 0 Å². The summed E-state index contributed by atoms with van der Waals surface area (Å²) in [5, 5.41) is 11.1. The quantitative estimate of drug-likeness (QED) is 0.277. The number of nitro benzene ring substituents is 1. The number of non-ortho nitro benzene ring substituents is 1. The van der Waals surface area contributed by atoms with Crippen LogP contribution >= 0.6 is 11.8 Å². The highest BCUT2D eigenvalue weighted by molar-refractivity contribution is 8.14. The summed E-state index contributed by atoms with van der Waals surface area (Å²) < 4.78 is 5.94. The smallest absolute Gasteiger partial charge is 0.291 e. The number of ether oxygens (including phenoxy) is 1. The van der Waals surface area contributed by atoms with Crippen LogP contribution in [0.2, 0.25) is 0 Å². The van der Waals surface area contributed by atoms with Gasteiger partial charge in [-0.2, -0.15) is 0 Å². The molecule has 38 heavy (non-hydrogen) atoms. The van der Waals surface area contributed by atoms with Gasteiger partial charge in [-0.1, -0.05) is 49.0 Å². The first kappa shape index (κ1) is 25.4. The second-order valence-corrected chi connectivity index (χ2v) is 9.66. The van der Waals surface area contributed by atoms with Gasteiger partial charge in [0.15, 0.2) is 6.23 Å². The number of amides is 3. The maximum absolute atomic E-state index is 13.7. The second-order valence-electron chi connectivity index (χ2n) is 8.73. The van der Waals surface area contributed by atoms with E-state index in [0.29, 0.717) is 30.0 Å². The maximum atomic E-state index is 13.7. The number of para-hydroxylation sites is 1. The summed E-state index contributed by atoms with van der Waals surface area (Å²) in [6.45, 7) is 2.41. The van der Waals surface area contributed by atoms with Crippen molar-refractivity contribution in [2.45, 2.75) is 19.6 Å². The molecular formula is C27H24N4O6S. The van der Waals surface area contributed by atoms with Gasteiger partial charge in [-0.05, 0) is 36.8 Å². The van der Waals surface area contributed by atoms with E-state index in [-0.39, 0.29) is 34.8 Å². The van der Waals surface area contributed by atoms with Gasteiger partial charge >= 0.3 is 0 Å². The average Bonchev–Trinajstić information content (AvgIpc) is 3.27. The number of anilines is 3. The van der Waals surface area contributed by atoms with Gasteiger partial charge in [-0.25, -0.2) is 4.90 Å². The molecule has 2 aliphatic heterocycles. The summed E-state index contributed by atoms with van der Waals surface area (Å²) in [5.41, 5.74) is 2.43. The predicted octanol–water partition coefficient (Wildman–Crippen LogP) is 5.47. The topological polar surface area (TPSA) is 113 Å². The molecule has 0 N–H and O–H groups in total. The molecule has 3 aromatic carbocycles. The number of carbonyl (C=O) groups excluding carboxylic acids is 3. The molecule has 3 amide bonds. The first-order valence-electron chi connectivity index (χ1n) is 12.0. The molecule has 1 saturated heterocycles. The maximum Gasteiger partial charge on any atom is 0.291 e. The van der Waals surface area contributed by atoms with E-state index in [9.17, 15) is 24.5 Å². The zero-order valence-corrected chi connectivity index (χ0v) is 21.3. The Kier molecular flexibility index (Phi) is 7.12. The molecule has 194 valence electrons. The van der Waals surface area contributed by atoms with E-state index >= 15 is 0 Å². The first-order chi connectivity index (χ1) is 18.4. The molecule has 11 heteroatoms. The van der Waals surface area contributed by atoms with Gasteiger partial charge in [0.05, 0.1) is 21.9 Å². The Morgan fingerprint density at radius 3 is 2.42 bits per heavy atom. The van der Waals surface area contributed by atoms with E-state index in [1.165, 1.54) is 17.0 Å². The third-order valence-electron chi connectivity index (χ3n) is 6.27. The zero-order chi connectivity index (χ0) is 26.8. The number of thioether (sulfide) groups is 1.